The van der Waals surface area contributed by atoms with Crippen LogP contribution in [0.1, 0.15) is 12.5 Å². The van der Waals surface area contributed by atoms with Crippen molar-refractivity contribution in [2.24, 2.45) is 0 Å². The minimum atomic E-state index is -0.0960. The maximum Gasteiger partial charge on any atom is 0.239 e. The maximum atomic E-state index is 12.4. The Hall–Kier alpha value is -1.94. The van der Waals surface area contributed by atoms with Crippen molar-refractivity contribution >= 4 is 23.4 Å². The molecule has 0 fully saturated rings. The zero-order valence-electron chi connectivity index (χ0n) is 13.9. The highest BCUT2D eigenvalue weighted by atomic mass is 32.2. The van der Waals surface area contributed by atoms with Gasteiger partial charge in [0.05, 0.1) is 11.9 Å². The van der Waals surface area contributed by atoms with E-state index in [1.165, 1.54) is 5.56 Å². The molecule has 2 aromatic carbocycles. The second kappa shape index (κ2) is 8.63. The minimum absolute atomic E-state index is 0.0960. The molecule has 0 aliphatic carbocycles. The van der Waals surface area contributed by atoms with Gasteiger partial charge in [0.25, 0.3) is 0 Å². The van der Waals surface area contributed by atoms with Crippen LogP contribution in [0.25, 0.3) is 0 Å². The van der Waals surface area contributed by atoms with Crippen LogP contribution in [0.4, 0.5) is 5.69 Å². The van der Waals surface area contributed by atoms with E-state index in [2.05, 4.69) is 0 Å². The molecule has 0 aliphatic heterocycles. The van der Waals surface area contributed by atoms with Crippen LogP contribution in [0.5, 0.6) is 5.75 Å². The van der Waals surface area contributed by atoms with Crippen LogP contribution in [0, 0.1) is 6.92 Å². The summed E-state index contributed by atoms with van der Waals surface area (Å²) in [4.78, 5) is 14.1. The topological polar surface area (TPSA) is 29.5 Å². The fourth-order valence-electron chi connectivity index (χ4n) is 2.21. The minimum Gasteiger partial charge on any atom is -0.493 e. The van der Waals surface area contributed by atoms with E-state index in [1.54, 1.807) is 16.7 Å². The Labute approximate surface area is 142 Å². The number of benzene rings is 2. The second-order valence-corrected chi connectivity index (χ2v) is 6.86. The molecule has 3 nitrogen and oxygen atoms in total. The Morgan fingerprint density at radius 1 is 1.17 bits per heavy atom. The predicted octanol–water partition coefficient (Wildman–Crippen LogP) is 4.16. The van der Waals surface area contributed by atoms with Crippen molar-refractivity contribution in [1.29, 1.82) is 0 Å². The molecule has 23 heavy (non-hydrogen) atoms. The summed E-state index contributed by atoms with van der Waals surface area (Å²) < 4.78 is 5.72. The molecule has 2 rings (SSSR count). The molecular weight excluding hydrogens is 306 g/mol. The molecule has 4 heteroatoms. The SMILES string of the molecule is Cc1cccc(OCCSC(C)C(=O)N(C)c2ccccc2)c1. The van der Waals surface area contributed by atoms with Crippen LogP contribution in [-0.4, -0.2) is 30.6 Å². The number of carbonyl (C=O) groups excluding carboxylic acids is 1. The van der Waals surface area contributed by atoms with Crippen molar-refractivity contribution in [3.63, 3.8) is 0 Å². The van der Waals surface area contributed by atoms with Gasteiger partial charge in [0.15, 0.2) is 0 Å². The first-order valence-corrected chi connectivity index (χ1v) is 8.76. The largest absolute Gasteiger partial charge is 0.493 e. The Morgan fingerprint density at radius 2 is 1.91 bits per heavy atom. The highest BCUT2D eigenvalue weighted by Crippen LogP contribution is 2.19. The van der Waals surface area contributed by atoms with E-state index >= 15 is 0 Å². The van der Waals surface area contributed by atoms with Crippen LogP contribution >= 0.6 is 11.8 Å². The number of thioether (sulfide) groups is 1. The van der Waals surface area contributed by atoms with Crippen LogP contribution in [0.2, 0.25) is 0 Å². The van der Waals surface area contributed by atoms with E-state index in [9.17, 15) is 4.79 Å². The van der Waals surface area contributed by atoms with Gasteiger partial charge in [-0.25, -0.2) is 0 Å². The van der Waals surface area contributed by atoms with E-state index in [0.29, 0.717) is 6.61 Å². The number of carbonyl (C=O) groups is 1. The summed E-state index contributed by atoms with van der Waals surface area (Å²) in [7, 11) is 1.82. The number of rotatable bonds is 7. The molecule has 0 spiro atoms. The monoisotopic (exact) mass is 329 g/mol. The van der Waals surface area contributed by atoms with Gasteiger partial charge in [-0.3, -0.25) is 4.79 Å². The summed E-state index contributed by atoms with van der Waals surface area (Å²) in [5.41, 5.74) is 2.10. The number of anilines is 1. The van der Waals surface area contributed by atoms with Crippen LogP contribution in [0.15, 0.2) is 54.6 Å². The van der Waals surface area contributed by atoms with Gasteiger partial charge in [0.1, 0.15) is 5.75 Å². The van der Waals surface area contributed by atoms with E-state index in [4.69, 9.17) is 4.74 Å². The van der Waals surface area contributed by atoms with E-state index in [0.717, 1.165) is 17.2 Å². The van der Waals surface area contributed by atoms with Gasteiger partial charge in [0.2, 0.25) is 5.91 Å². The lowest BCUT2D eigenvalue weighted by Crippen LogP contribution is -2.33. The number of nitrogens with zero attached hydrogens (tertiary/aromatic N) is 1. The number of amides is 1. The number of para-hydroxylation sites is 1. The van der Waals surface area contributed by atoms with Gasteiger partial charge in [-0.2, -0.15) is 0 Å². The maximum absolute atomic E-state index is 12.4. The number of aryl methyl sites for hydroxylation is 1. The third-order valence-electron chi connectivity index (χ3n) is 3.53. The van der Waals surface area contributed by atoms with Crippen molar-refractivity contribution in [3.05, 3.63) is 60.2 Å². The third-order valence-corrected chi connectivity index (χ3v) is 4.64. The van der Waals surface area contributed by atoms with E-state index in [1.807, 2.05) is 75.5 Å². The molecule has 1 atom stereocenters. The zero-order chi connectivity index (χ0) is 16.7. The molecule has 0 heterocycles. The molecular formula is C19H23NO2S. The molecule has 0 aromatic heterocycles. The standard InChI is InChI=1S/C19H23NO2S/c1-15-8-7-11-18(14-15)22-12-13-23-16(2)19(21)20(3)17-9-5-4-6-10-17/h4-11,14,16H,12-13H2,1-3H3. The highest BCUT2D eigenvalue weighted by molar-refractivity contribution is 8.00. The molecule has 0 bridgehead atoms. The molecule has 0 aliphatic rings. The molecule has 0 saturated carbocycles. The molecule has 2 aromatic rings. The number of hydrogen-bond donors (Lipinski definition) is 0. The second-order valence-electron chi connectivity index (χ2n) is 5.41. The first-order valence-electron chi connectivity index (χ1n) is 7.71. The van der Waals surface area contributed by atoms with Crippen molar-refractivity contribution in [2.45, 2.75) is 19.1 Å². The van der Waals surface area contributed by atoms with Crippen LogP contribution in [-0.2, 0) is 4.79 Å². The van der Waals surface area contributed by atoms with Crippen LogP contribution < -0.4 is 9.64 Å². The van der Waals surface area contributed by atoms with Crippen LogP contribution in [0.3, 0.4) is 0 Å². The quantitative estimate of drug-likeness (QED) is 0.714. The molecule has 0 saturated heterocycles. The van der Waals surface area contributed by atoms with Gasteiger partial charge in [-0.15, -0.1) is 11.8 Å². The lowest BCUT2D eigenvalue weighted by atomic mass is 10.2. The van der Waals surface area contributed by atoms with Gasteiger partial charge in [-0.05, 0) is 43.7 Å². The first-order chi connectivity index (χ1) is 11.1. The lowest BCUT2D eigenvalue weighted by Gasteiger charge is -2.21. The Balaban J connectivity index is 1.76. The van der Waals surface area contributed by atoms with Crippen molar-refractivity contribution in [1.82, 2.24) is 0 Å². The average Bonchev–Trinajstić information content (AvgIpc) is 2.58. The molecule has 122 valence electrons. The molecule has 0 radical (unpaired) electrons. The number of hydrogen-bond acceptors (Lipinski definition) is 3. The number of ether oxygens (including phenoxy) is 1. The first kappa shape index (κ1) is 17.4. The summed E-state index contributed by atoms with van der Waals surface area (Å²) >= 11 is 1.61. The van der Waals surface area contributed by atoms with E-state index in [-0.39, 0.29) is 11.2 Å². The van der Waals surface area contributed by atoms with Gasteiger partial charge in [-0.1, -0.05) is 30.3 Å². The lowest BCUT2D eigenvalue weighted by molar-refractivity contribution is -0.117. The zero-order valence-corrected chi connectivity index (χ0v) is 14.7. The highest BCUT2D eigenvalue weighted by Gasteiger charge is 2.18. The Kier molecular flexibility index (Phi) is 6.53. The predicted molar refractivity (Wildman–Crippen MR) is 98.4 cm³/mol. The molecule has 1 unspecified atom stereocenters. The van der Waals surface area contributed by atoms with Gasteiger partial charge >= 0.3 is 0 Å². The van der Waals surface area contributed by atoms with E-state index < -0.39 is 0 Å². The molecule has 0 N–H and O–H groups in total. The molecule has 1 amide bonds. The Bertz CT molecular complexity index is 630. The Morgan fingerprint density at radius 3 is 2.61 bits per heavy atom. The van der Waals surface area contributed by atoms with Crippen molar-refractivity contribution < 1.29 is 9.53 Å². The summed E-state index contributed by atoms with van der Waals surface area (Å²) in [6.45, 7) is 4.58. The normalized spacial score (nSPS) is 11.8. The average molecular weight is 329 g/mol. The summed E-state index contributed by atoms with van der Waals surface area (Å²) in [6.07, 6.45) is 0. The fourth-order valence-corrected chi connectivity index (χ4v) is 3.05. The third kappa shape index (κ3) is 5.32. The van der Waals surface area contributed by atoms with Crippen molar-refractivity contribution in [2.75, 3.05) is 24.3 Å². The van der Waals surface area contributed by atoms with Crippen molar-refractivity contribution in [3.8, 4) is 5.75 Å². The van der Waals surface area contributed by atoms with Gasteiger partial charge in [0, 0.05) is 18.5 Å². The fraction of sp³-hybridized carbons (Fsp3) is 0.316. The summed E-state index contributed by atoms with van der Waals surface area (Å²) in [6, 6.07) is 17.7. The van der Waals surface area contributed by atoms with Gasteiger partial charge < -0.3 is 9.64 Å². The summed E-state index contributed by atoms with van der Waals surface area (Å²) in [5, 5.41) is -0.0960. The summed E-state index contributed by atoms with van der Waals surface area (Å²) in [5.74, 6) is 1.77. The smallest absolute Gasteiger partial charge is 0.239 e.